The van der Waals surface area contributed by atoms with Gasteiger partial charge in [-0.15, -0.1) is 0 Å². The van der Waals surface area contributed by atoms with Gasteiger partial charge >= 0.3 is 0 Å². The average molecular weight is 401 g/mol. The Morgan fingerprint density at radius 1 is 1.00 bits per heavy atom. The first-order valence-corrected chi connectivity index (χ1v) is 10.9. The topological polar surface area (TPSA) is 59.1 Å². The maximum absolute atomic E-state index is 6.48. The smallest absolute Gasteiger partial charge is 0.126 e. The van der Waals surface area contributed by atoms with Crippen LogP contribution in [0.25, 0.3) is 11.3 Å². The van der Waals surface area contributed by atoms with Gasteiger partial charge in [0.1, 0.15) is 11.6 Å². The molecule has 6 heteroatoms. The molecule has 0 radical (unpaired) electrons. The van der Waals surface area contributed by atoms with Gasteiger partial charge in [0.05, 0.1) is 10.7 Å². The van der Waals surface area contributed by atoms with Crippen LogP contribution in [0.15, 0.2) is 30.5 Å². The normalized spacial score (nSPS) is 18.8. The number of nitrogens with one attached hydrogen (secondary N) is 2. The summed E-state index contributed by atoms with van der Waals surface area (Å²) in [5, 5.41) is 7.72. The molecule has 3 heterocycles. The van der Waals surface area contributed by atoms with E-state index in [-0.39, 0.29) is 0 Å². The van der Waals surface area contributed by atoms with Gasteiger partial charge in [-0.2, -0.15) is 0 Å². The number of ether oxygens (including phenoxy) is 1. The molecule has 0 spiro atoms. The van der Waals surface area contributed by atoms with E-state index in [0.717, 1.165) is 55.5 Å². The Bertz CT molecular complexity index is 773. The van der Waals surface area contributed by atoms with Gasteiger partial charge in [-0.05, 0) is 55.9 Å². The van der Waals surface area contributed by atoms with E-state index < -0.39 is 0 Å². The van der Waals surface area contributed by atoms with Gasteiger partial charge in [-0.3, -0.25) is 0 Å². The Hall–Kier alpha value is -1.85. The summed E-state index contributed by atoms with van der Waals surface area (Å²) in [5.74, 6) is 2.41. The van der Waals surface area contributed by atoms with Gasteiger partial charge in [-0.25, -0.2) is 9.97 Å². The van der Waals surface area contributed by atoms with Crippen molar-refractivity contribution in [1.29, 1.82) is 0 Å². The summed E-state index contributed by atoms with van der Waals surface area (Å²) in [6, 6.07) is 8.43. The number of hydrogen-bond acceptors (Lipinski definition) is 5. The standard InChI is InChI=1S/C22H29ClN4O/c23-19-6-7-20(25-15-16-9-12-28-13-10-16)27-22(19)17-8-11-24-21(14-17)26-18-4-2-1-3-5-18/h6-8,11,14,16,18H,1-5,9-10,12-13,15H2,(H,24,26)(H,25,27). The second-order valence-electron chi connectivity index (χ2n) is 7.87. The molecule has 1 saturated carbocycles. The Morgan fingerprint density at radius 2 is 1.82 bits per heavy atom. The summed E-state index contributed by atoms with van der Waals surface area (Å²) >= 11 is 6.48. The predicted octanol–water partition coefficient (Wildman–Crippen LogP) is 5.38. The minimum absolute atomic E-state index is 0.521. The molecule has 0 amide bonds. The van der Waals surface area contributed by atoms with Crippen LogP contribution in [0.4, 0.5) is 11.6 Å². The van der Waals surface area contributed by atoms with Crippen LogP contribution in [-0.2, 0) is 4.74 Å². The van der Waals surface area contributed by atoms with E-state index in [4.69, 9.17) is 21.3 Å². The molecule has 0 unspecified atom stereocenters. The molecule has 2 aromatic rings. The van der Waals surface area contributed by atoms with E-state index >= 15 is 0 Å². The van der Waals surface area contributed by atoms with Crippen LogP contribution in [0.5, 0.6) is 0 Å². The highest BCUT2D eigenvalue weighted by molar-refractivity contribution is 6.33. The summed E-state index contributed by atoms with van der Waals surface area (Å²) in [6.07, 6.45) is 10.4. The molecular formula is C22H29ClN4O. The summed E-state index contributed by atoms with van der Waals surface area (Å²) in [5.41, 5.74) is 1.79. The summed E-state index contributed by atoms with van der Waals surface area (Å²) in [4.78, 5) is 9.28. The fourth-order valence-electron chi connectivity index (χ4n) is 4.06. The third-order valence-electron chi connectivity index (χ3n) is 5.75. The molecule has 0 bridgehead atoms. The van der Waals surface area contributed by atoms with E-state index in [9.17, 15) is 0 Å². The lowest BCUT2D eigenvalue weighted by molar-refractivity contribution is 0.0699. The van der Waals surface area contributed by atoms with Crippen molar-refractivity contribution < 1.29 is 4.74 Å². The predicted molar refractivity (Wildman–Crippen MR) is 115 cm³/mol. The Balaban J connectivity index is 1.45. The monoisotopic (exact) mass is 400 g/mol. The average Bonchev–Trinajstić information content (AvgIpc) is 2.75. The highest BCUT2D eigenvalue weighted by Gasteiger charge is 2.16. The molecule has 28 heavy (non-hydrogen) atoms. The van der Waals surface area contributed by atoms with Gasteiger partial charge in [0.2, 0.25) is 0 Å². The number of anilines is 2. The second-order valence-corrected chi connectivity index (χ2v) is 8.28. The molecule has 2 aromatic heterocycles. The van der Waals surface area contributed by atoms with Crippen molar-refractivity contribution >= 4 is 23.2 Å². The molecule has 0 aromatic carbocycles. The molecule has 1 aliphatic heterocycles. The lowest BCUT2D eigenvalue weighted by atomic mass is 9.95. The first-order valence-electron chi connectivity index (χ1n) is 10.5. The van der Waals surface area contributed by atoms with Crippen molar-refractivity contribution in [2.24, 2.45) is 5.92 Å². The molecule has 2 fully saturated rings. The maximum Gasteiger partial charge on any atom is 0.126 e. The number of pyridine rings is 2. The highest BCUT2D eigenvalue weighted by Crippen LogP contribution is 2.29. The van der Waals surface area contributed by atoms with E-state index in [2.05, 4.69) is 21.7 Å². The van der Waals surface area contributed by atoms with Crippen LogP contribution in [0.2, 0.25) is 5.02 Å². The zero-order valence-corrected chi connectivity index (χ0v) is 17.0. The van der Waals surface area contributed by atoms with Crippen molar-refractivity contribution in [3.05, 3.63) is 35.5 Å². The van der Waals surface area contributed by atoms with Crippen molar-refractivity contribution in [3.63, 3.8) is 0 Å². The second kappa shape index (κ2) is 9.57. The molecule has 4 rings (SSSR count). The minimum atomic E-state index is 0.521. The molecule has 2 N–H and O–H groups in total. The number of nitrogens with zero attached hydrogens (tertiary/aromatic N) is 2. The minimum Gasteiger partial charge on any atom is -0.381 e. The van der Waals surface area contributed by atoms with Crippen LogP contribution in [0.3, 0.4) is 0 Å². The van der Waals surface area contributed by atoms with Gasteiger partial charge in [0.25, 0.3) is 0 Å². The van der Waals surface area contributed by atoms with E-state index in [0.29, 0.717) is 17.0 Å². The van der Waals surface area contributed by atoms with Crippen LogP contribution < -0.4 is 10.6 Å². The third-order valence-corrected chi connectivity index (χ3v) is 6.05. The fraction of sp³-hybridized carbons (Fsp3) is 0.545. The molecule has 2 aliphatic rings. The largest absolute Gasteiger partial charge is 0.381 e. The Morgan fingerprint density at radius 3 is 2.64 bits per heavy atom. The molecule has 150 valence electrons. The lowest BCUT2D eigenvalue weighted by Gasteiger charge is -2.23. The molecule has 5 nitrogen and oxygen atoms in total. The van der Waals surface area contributed by atoms with Gasteiger partial charge in [-0.1, -0.05) is 30.9 Å². The first-order chi connectivity index (χ1) is 13.8. The zero-order valence-electron chi connectivity index (χ0n) is 16.3. The van der Waals surface area contributed by atoms with Crippen LogP contribution >= 0.6 is 11.6 Å². The van der Waals surface area contributed by atoms with Crippen molar-refractivity contribution in [3.8, 4) is 11.3 Å². The molecule has 1 aliphatic carbocycles. The van der Waals surface area contributed by atoms with Crippen molar-refractivity contribution in [1.82, 2.24) is 9.97 Å². The highest BCUT2D eigenvalue weighted by atomic mass is 35.5. The molecular weight excluding hydrogens is 372 g/mol. The van der Waals surface area contributed by atoms with Gasteiger partial charge in [0, 0.05) is 37.6 Å². The molecule has 0 atom stereocenters. The quantitative estimate of drug-likeness (QED) is 0.681. The fourth-order valence-corrected chi connectivity index (χ4v) is 4.27. The lowest BCUT2D eigenvalue weighted by Crippen LogP contribution is -2.23. The van der Waals surface area contributed by atoms with Gasteiger partial charge < -0.3 is 15.4 Å². The maximum atomic E-state index is 6.48. The van der Waals surface area contributed by atoms with E-state index in [1.165, 1.54) is 32.1 Å². The number of hydrogen-bond donors (Lipinski definition) is 2. The summed E-state index contributed by atoms with van der Waals surface area (Å²) < 4.78 is 5.44. The SMILES string of the molecule is Clc1ccc(NCC2CCOCC2)nc1-c1ccnc(NC2CCCCC2)c1. The summed E-state index contributed by atoms with van der Waals surface area (Å²) in [6.45, 7) is 2.64. The van der Waals surface area contributed by atoms with Crippen molar-refractivity contribution in [2.75, 3.05) is 30.4 Å². The van der Waals surface area contributed by atoms with Gasteiger partial charge in [0.15, 0.2) is 0 Å². The van der Waals surface area contributed by atoms with Crippen LogP contribution in [0.1, 0.15) is 44.9 Å². The Labute approximate surface area is 172 Å². The Kier molecular flexibility index (Phi) is 6.65. The van der Waals surface area contributed by atoms with E-state index in [1.54, 1.807) is 0 Å². The van der Waals surface area contributed by atoms with E-state index in [1.807, 2.05) is 24.4 Å². The number of aromatic nitrogens is 2. The number of rotatable bonds is 6. The van der Waals surface area contributed by atoms with Crippen LogP contribution in [-0.4, -0.2) is 35.8 Å². The summed E-state index contributed by atoms with van der Waals surface area (Å²) in [7, 11) is 0. The first kappa shape index (κ1) is 19.5. The zero-order chi connectivity index (χ0) is 19.2. The number of halogens is 1. The van der Waals surface area contributed by atoms with Crippen LogP contribution in [0, 0.1) is 5.92 Å². The van der Waals surface area contributed by atoms with Crippen molar-refractivity contribution in [2.45, 2.75) is 51.0 Å². The third kappa shape index (κ3) is 5.15. The molecule has 1 saturated heterocycles.